The highest BCUT2D eigenvalue weighted by Crippen LogP contribution is 2.57. The Labute approximate surface area is 87.0 Å². The van der Waals surface area contributed by atoms with E-state index in [1.165, 1.54) is 6.42 Å². The Morgan fingerprint density at radius 3 is 2.00 bits per heavy atom. The lowest BCUT2D eigenvalue weighted by Crippen LogP contribution is -2.61. The lowest BCUT2D eigenvalue weighted by Gasteiger charge is -2.59. The van der Waals surface area contributed by atoms with Gasteiger partial charge in [0, 0.05) is 12.3 Å². The van der Waals surface area contributed by atoms with Crippen molar-refractivity contribution in [2.45, 2.75) is 53.2 Å². The summed E-state index contributed by atoms with van der Waals surface area (Å²) in [6.07, 6.45) is 2.28. The van der Waals surface area contributed by atoms with E-state index in [2.05, 4.69) is 34.6 Å². The highest BCUT2D eigenvalue weighted by atomic mass is 16.9. The maximum absolute atomic E-state index is 5.72. The average Bonchev–Trinajstić information content (AvgIpc) is 1.91. The Balaban J connectivity index is 2.27. The standard InChI is InChI=1S/C12H22O2/c1-9-11(4,5)6-10(2,3)7-12(9)13-8-14-12/h9H,6-8H2,1-5H3. The molecule has 2 fully saturated rings. The Hall–Kier alpha value is -0.0800. The minimum absolute atomic E-state index is 0.273. The Kier molecular flexibility index (Phi) is 2.04. The van der Waals surface area contributed by atoms with Gasteiger partial charge in [-0.25, -0.2) is 0 Å². The van der Waals surface area contributed by atoms with Crippen LogP contribution in [0, 0.1) is 16.7 Å². The van der Waals surface area contributed by atoms with E-state index in [0.29, 0.717) is 23.5 Å². The maximum Gasteiger partial charge on any atom is 0.177 e. The minimum Gasteiger partial charge on any atom is -0.323 e. The van der Waals surface area contributed by atoms with Crippen LogP contribution < -0.4 is 0 Å². The first-order chi connectivity index (χ1) is 6.28. The third kappa shape index (κ3) is 1.40. The molecule has 0 aromatic carbocycles. The lowest BCUT2D eigenvalue weighted by atomic mass is 9.57. The van der Waals surface area contributed by atoms with Crippen LogP contribution in [0.1, 0.15) is 47.5 Å². The summed E-state index contributed by atoms with van der Waals surface area (Å²) in [6, 6.07) is 0. The van der Waals surface area contributed by atoms with Gasteiger partial charge in [0.25, 0.3) is 0 Å². The highest BCUT2D eigenvalue weighted by molar-refractivity contribution is 5.00. The summed E-state index contributed by atoms with van der Waals surface area (Å²) < 4.78 is 11.4. The SMILES string of the molecule is CC1C(C)(C)CC(C)(C)CC12OCO2. The average molecular weight is 198 g/mol. The molecule has 0 aromatic rings. The second-order valence-electron chi connectivity index (χ2n) is 6.45. The zero-order chi connectivity index (χ0) is 10.6. The fourth-order valence-corrected chi connectivity index (χ4v) is 3.43. The van der Waals surface area contributed by atoms with Crippen LogP contribution in [0.5, 0.6) is 0 Å². The molecule has 1 saturated heterocycles. The minimum atomic E-state index is -0.273. The van der Waals surface area contributed by atoms with Gasteiger partial charge >= 0.3 is 0 Å². The van der Waals surface area contributed by atoms with Crippen molar-refractivity contribution >= 4 is 0 Å². The summed E-state index contributed by atoms with van der Waals surface area (Å²) in [5.41, 5.74) is 0.638. The maximum atomic E-state index is 5.72. The number of hydrogen-bond acceptors (Lipinski definition) is 2. The van der Waals surface area contributed by atoms with E-state index in [4.69, 9.17) is 9.47 Å². The summed E-state index contributed by atoms with van der Waals surface area (Å²) in [5.74, 6) is 0.211. The Morgan fingerprint density at radius 1 is 1.00 bits per heavy atom. The second kappa shape index (κ2) is 2.73. The molecule has 2 rings (SSSR count). The van der Waals surface area contributed by atoms with Crippen molar-refractivity contribution in [3.8, 4) is 0 Å². The van der Waals surface area contributed by atoms with Gasteiger partial charge in [0.15, 0.2) is 12.6 Å². The van der Waals surface area contributed by atoms with Gasteiger partial charge < -0.3 is 9.47 Å². The summed E-state index contributed by atoms with van der Waals surface area (Å²) in [6.45, 7) is 12.0. The van der Waals surface area contributed by atoms with Crippen molar-refractivity contribution in [3.05, 3.63) is 0 Å². The van der Waals surface area contributed by atoms with Gasteiger partial charge in [0.1, 0.15) is 0 Å². The van der Waals surface area contributed by atoms with Crippen LogP contribution >= 0.6 is 0 Å². The van der Waals surface area contributed by atoms with Crippen LogP contribution in [0.4, 0.5) is 0 Å². The van der Waals surface area contributed by atoms with Crippen molar-refractivity contribution < 1.29 is 9.47 Å². The van der Waals surface area contributed by atoms with Crippen molar-refractivity contribution in [2.24, 2.45) is 16.7 Å². The van der Waals surface area contributed by atoms with Crippen LogP contribution in [0.2, 0.25) is 0 Å². The molecule has 0 aromatic heterocycles. The molecule has 0 radical (unpaired) electrons. The molecule has 14 heavy (non-hydrogen) atoms. The van der Waals surface area contributed by atoms with E-state index in [9.17, 15) is 0 Å². The molecule has 1 spiro atoms. The topological polar surface area (TPSA) is 18.5 Å². The largest absolute Gasteiger partial charge is 0.323 e. The van der Waals surface area contributed by atoms with Gasteiger partial charge in [-0.05, 0) is 17.3 Å². The molecule has 1 saturated carbocycles. The monoisotopic (exact) mass is 198 g/mol. The van der Waals surface area contributed by atoms with E-state index in [-0.39, 0.29) is 5.79 Å². The summed E-state index contributed by atoms with van der Waals surface area (Å²) >= 11 is 0. The third-order valence-electron chi connectivity index (χ3n) is 4.10. The van der Waals surface area contributed by atoms with E-state index in [0.717, 1.165) is 6.42 Å². The Bertz CT molecular complexity index is 239. The van der Waals surface area contributed by atoms with E-state index in [1.807, 2.05) is 0 Å². The first-order valence-corrected chi connectivity index (χ1v) is 5.55. The molecule has 1 aliphatic carbocycles. The predicted molar refractivity (Wildman–Crippen MR) is 55.7 cm³/mol. The quantitative estimate of drug-likeness (QED) is 0.595. The van der Waals surface area contributed by atoms with Gasteiger partial charge in [-0.2, -0.15) is 0 Å². The summed E-state index contributed by atoms with van der Waals surface area (Å²) in [4.78, 5) is 0. The molecule has 0 N–H and O–H groups in total. The van der Waals surface area contributed by atoms with Crippen molar-refractivity contribution in [1.29, 1.82) is 0 Å². The molecular weight excluding hydrogens is 176 g/mol. The van der Waals surface area contributed by atoms with Crippen LogP contribution in [0.15, 0.2) is 0 Å². The smallest absolute Gasteiger partial charge is 0.177 e. The third-order valence-corrected chi connectivity index (χ3v) is 4.10. The lowest BCUT2D eigenvalue weighted by molar-refractivity contribution is -0.444. The molecular formula is C12H22O2. The molecule has 2 aliphatic rings. The fraction of sp³-hybridized carbons (Fsp3) is 1.00. The first kappa shape index (κ1) is 10.4. The number of hydrogen-bond donors (Lipinski definition) is 0. The summed E-state index contributed by atoms with van der Waals surface area (Å²) in [5, 5.41) is 0. The molecule has 0 amide bonds. The van der Waals surface area contributed by atoms with E-state index >= 15 is 0 Å². The molecule has 0 bridgehead atoms. The normalized spacial score (nSPS) is 37.9. The van der Waals surface area contributed by atoms with E-state index < -0.39 is 0 Å². The van der Waals surface area contributed by atoms with Gasteiger partial charge in [0.2, 0.25) is 0 Å². The highest BCUT2D eigenvalue weighted by Gasteiger charge is 2.58. The Morgan fingerprint density at radius 2 is 1.57 bits per heavy atom. The first-order valence-electron chi connectivity index (χ1n) is 5.55. The molecule has 1 heterocycles. The predicted octanol–water partition coefficient (Wildman–Crippen LogP) is 3.17. The molecule has 2 heteroatoms. The van der Waals surface area contributed by atoms with Crippen LogP contribution in [-0.4, -0.2) is 12.6 Å². The number of rotatable bonds is 0. The van der Waals surface area contributed by atoms with Gasteiger partial charge in [-0.1, -0.05) is 34.6 Å². The van der Waals surface area contributed by atoms with Gasteiger partial charge in [0.05, 0.1) is 0 Å². The van der Waals surface area contributed by atoms with Crippen molar-refractivity contribution in [2.75, 3.05) is 6.79 Å². The zero-order valence-electron chi connectivity index (χ0n) is 10.0. The van der Waals surface area contributed by atoms with E-state index in [1.54, 1.807) is 0 Å². The van der Waals surface area contributed by atoms with Gasteiger partial charge in [-0.3, -0.25) is 0 Å². The number of ether oxygens (including phenoxy) is 2. The van der Waals surface area contributed by atoms with Crippen molar-refractivity contribution in [3.63, 3.8) is 0 Å². The van der Waals surface area contributed by atoms with Crippen LogP contribution in [-0.2, 0) is 9.47 Å². The molecule has 2 nitrogen and oxygen atoms in total. The van der Waals surface area contributed by atoms with Crippen LogP contribution in [0.3, 0.4) is 0 Å². The summed E-state index contributed by atoms with van der Waals surface area (Å²) in [7, 11) is 0. The van der Waals surface area contributed by atoms with Crippen molar-refractivity contribution in [1.82, 2.24) is 0 Å². The van der Waals surface area contributed by atoms with Gasteiger partial charge in [-0.15, -0.1) is 0 Å². The molecule has 1 unspecified atom stereocenters. The molecule has 1 atom stereocenters. The second-order valence-corrected chi connectivity index (χ2v) is 6.45. The zero-order valence-corrected chi connectivity index (χ0v) is 10.0. The van der Waals surface area contributed by atoms with Crippen LogP contribution in [0.25, 0.3) is 0 Å². The molecule has 1 aliphatic heterocycles. The molecule has 82 valence electrons. The fourth-order valence-electron chi connectivity index (χ4n) is 3.43.